The molecule has 138 valence electrons. The molecule has 0 saturated heterocycles. The minimum absolute atomic E-state index is 0.256. The van der Waals surface area contributed by atoms with Crippen molar-refractivity contribution in [3.63, 3.8) is 0 Å². The molecule has 2 aromatic rings. The van der Waals surface area contributed by atoms with Crippen LogP contribution in [0.4, 0.5) is 11.4 Å². The number of methoxy groups -OCH3 is 1. The molecule has 0 spiro atoms. The van der Waals surface area contributed by atoms with Gasteiger partial charge in [0.25, 0.3) is 5.91 Å². The third kappa shape index (κ3) is 5.29. The molecular formula is C18H20ClN3O4. The molecule has 0 saturated carbocycles. The Morgan fingerprint density at radius 2 is 1.92 bits per heavy atom. The molecule has 0 radical (unpaired) electrons. The first kappa shape index (κ1) is 19.4. The predicted molar refractivity (Wildman–Crippen MR) is 101 cm³/mol. The summed E-state index contributed by atoms with van der Waals surface area (Å²) in [6, 6.07) is 11.4. The van der Waals surface area contributed by atoms with Gasteiger partial charge in [0, 0.05) is 11.8 Å². The van der Waals surface area contributed by atoms with Crippen LogP contribution in [0.15, 0.2) is 42.5 Å². The molecule has 0 fully saturated rings. The number of nitrogens with one attached hydrogen (secondary N) is 2. The highest BCUT2D eigenvalue weighted by Crippen LogP contribution is 2.30. The lowest BCUT2D eigenvalue weighted by molar-refractivity contribution is -0.120. The Morgan fingerprint density at radius 1 is 1.19 bits per heavy atom. The average molecular weight is 378 g/mol. The Kier molecular flexibility index (Phi) is 6.68. The summed E-state index contributed by atoms with van der Waals surface area (Å²) in [5.41, 5.74) is 6.24. The molecule has 0 aromatic heterocycles. The fraction of sp³-hybridized carbons (Fsp3) is 0.222. The standard InChI is InChI=1S/C18H20ClN3O4/c1-11(18(24)22-14-6-4-3-5-13(14)19)21-12-7-8-15(25-2)16(9-12)26-10-17(20)23/h3-9,11,21H,10H2,1-2H3,(H2,20,23)(H,22,24)/t11-/m1/s1. The van der Waals surface area contributed by atoms with Gasteiger partial charge in [-0.1, -0.05) is 23.7 Å². The van der Waals surface area contributed by atoms with E-state index in [0.29, 0.717) is 27.9 Å². The molecule has 26 heavy (non-hydrogen) atoms. The van der Waals surface area contributed by atoms with Crippen LogP contribution in [0.25, 0.3) is 0 Å². The van der Waals surface area contributed by atoms with Crippen molar-refractivity contribution in [1.82, 2.24) is 0 Å². The van der Waals surface area contributed by atoms with Gasteiger partial charge in [-0.25, -0.2) is 0 Å². The van der Waals surface area contributed by atoms with Gasteiger partial charge in [0.1, 0.15) is 6.04 Å². The van der Waals surface area contributed by atoms with Crippen LogP contribution >= 0.6 is 11.6 Å². The highest BCUT2D eigenvalue weighted by Gasteiger charge is 2.15. The molecule has 0 aliphatic rings. The zero-order valence-corrected chi connectivity index (χ0v) is 15.2. The number of carbonyl (C=O) groups is 2. The lowest BCUT2D eigenvalue weighted by atomic mass is 10.2. The van der Waals surface area contributed by atoms with Crippen LogP contribution in [-0.2, 0) is 9.59 Å². The lowest BCUT2D eigenvalue weighted by Crippen LogP contribution is -2.32. The zero-order valence-electron chi connectivity index (χ0n) is 14.4. The van der Waals surface area contributed by atoms with E-state index in [0.717, 1.165) is 0 Å². The second-order valence-corrected chi connectivity index (χ2v) is 5.86. The van der Waals surface area contributed by atoms with Crippen molar-refractivity contribution in [2.75, 3.05) is 24.4 Å². The fourth-order valence-electron chi connectivity index (χ4n) is 2.15. The van der Waals surface area contributed by atoms with Crippen molar-refractivity contribution in [1.29, 1.82) is 0 Å². The Bertz CT molecular complexity index is 798. The summed E-state index contributed by atoms with van der Waals surface area (Å²) < 4.78 is 10.5. The molecule has 0 aliphatic carbocycles. The van der Waals surface area contributed by atoms with E-state index in [2.05, 4.69) is 10.6 Å². The van der Waals surface area contributed by atoms with E-state index in [1.54, 1.807) is 49.4 Å². The number of nitrogens with two attached hydrogens (primary N) is 1. The van der Waals surface area contributed by atoms with Crippen LogP contribution in [0.5, 0.6) is 11.5 Å². The first-order valence-electron chi connectivity index (χ1n) is 7.81. The maximum absolute atomic E-state index is 12.3. The molecule has 0 aliphatic heterocycles. The molecule has 4 N–H and O–H groups in total. The van der Waals surface area contributed by atoms with E-state index in [9.17, 15) is 9.59 Å². The minimum Gasteiger partial charge on any atom is -0.493 e. The number of halogens is 1. The van der Waals surface area contributed by atoms with Gasteiger partial charge >= 0.3 is 0 Å². The van der Waals surface area contributed by atoms with Gasteiger partial charge < -0.3 is 25.8 Å². The Hall–Kier alpha value is -2.93. The van der Waals surface area contributed by atoms with Gasteiger partial charge in [-0.3, -0.25) is 9.59 Å². The first-order chi connectivity index (χ1) is 12.4. The smallest absolute Gasteiger partial charge is 0.255 e. The van der Waals surface area contributed by atoms with Crippen LogP contribution in [-0.4, -0.2) is 31.6 Å². The highest BCUT2D eigenvalue weighted by molar-refractivity contribution is 6.33. The number of rotatable bonds is 8. The highest BCUT2D eigenvalue weighted by atomic mass is 35.5. The fourth-order valence-corrected chi connectivity index (χ4v) is 2.33. The summed E-state index contributed by atoms with van der Waals surface area (Å²) in [7, 11) is 1.49. The Labute approximate surface area is 156 Å². The molecule has 0 bridgehead atoms. The summed E-state index contributed by atoms with van der Waals surface area (Å²) >= 11 is 6.04. The number of primary amides is 1. The van der Waals surface area contributed by atoms with E-state index in [1.165, 1.54) is 7.11 Å². The number of benzene rings is 2. The third-order valence-corrected chi connectivity index (χ3v) is 3.77. The van der Waals surface area contributed by atoms with Crippen molar-refractivity contribution in [2.24, 2.45) is 5.73 Å². The second kappa shape index (κ2) is 8.96. The molecule has 0 unspecified atom stereocenters. The molecule has 8 heteroatoms. The van der Waals surface area contributed by atoms with Crippen molar-refractivity contribution >= 4 is 34.8 Å². The number of para-hydroxylation sites is 1. The molecular weight excluding hydrogens is 358 g/mol. The molecule has 7 nitrogen and oxygen atoms in total. The quantitative estimate of drug-likeness (QED) is 0.656. The number of carbonyl (C=O) groups excluding carboxylic acids is 2. The largest absolute Gasteiger partial charge is 0.493 e. The number of hydrogen-bond acceptors (Lipinski definition) is 5. The minimum atomic E-state index is -0.599. The summed E-state index contributed by atoms with van der Waals surface area (Å²) in [6.07, 6.45) is 0. The van der Waals surface area contributed by atoms with Gasteiger partial charge in [0.15, 0.2) is 18.1 Å². The lowest BCUT2D eigenvalue weighted by Gasteiger charge is -2.17. The summed E-state index contributed by atoms with van der Waals surface area (Å²) in [4.78, 5) is 23.2. The first-order valence-corrected chi connectivity index (χ1v) is 8.19. The average Bonchev–Trinajstić information content (AvgIpc) is 2.62. The van der Waals surface area contributed by atoms with Crippen molar-refractivity contribution in [3.8, 4) is 11.5 Å². The summed E-state index contributed by atoms with van der Waals surface area (Å²) in [5.74, 6) is -0.0635. The van der Waals surface area contributed by atoms with Gasteiger partial charge in [-0.15, -0.1) is 0 Å². The summed E-state index contributed by atoms with van der Waals surface area (Å²) in [6.45, 7) is 1.43. The van der Waals surface area contributed by atoms with Gasteiger partial charge in [-0.2, -0.15) is 0 Å². The molecule has 0 heterocycles. The number of hydrogen-bond donors (Lipinski definition) is 3. The Balaban J connectivity index is 2.06. The van der Waals surface area contributed by atoms with E-state index >= 15 is 0 Å². The normalized spacial score (nSPS) is 11.3. The van der Waals surface area contributed by atoms with Gasteiger partial charge in [0.05, 0.1) is 17.8 Å². The summed E-state index contributed by atoms with van der Waals surface area (Å²) in [5, 5.41) is 6.27. The number of ether oxygens (including phenoxy) is 2. The van der Waals surface area contributed by atoms with Crippen molar-refractivity contribution in [3.05, 3.63) is 47.5 Å². The van der Waals surface area contributed by atoms with Crippen LogP contribution in [0.2, 0.25) is 5.02 Å². The number of anilines is 2. The number of amides is 2. The predicted octanol–water partition coefficient (Wildman–Crippen LogP) is 2.65. The van der Waals surface area contributed by atoms with Gasteiger partial charge in [-0.05, 0) is 31.2 Å². The third-order valence-electron chi connectivity index (χ3n) is 3.44. The van der Waals surface area contributed by atoms with E-state index in [4.69, 9.17) is 26.8 Å². The monoisotopic (exact) mass is 377 g/mol. The van der Waals surface area contributed by atoms with Gasteiger partial charge in [0.2, 0.25) is 5.91 Å². The molecule has 2 amide bonds. The maximum atomic E-state index is 12.3. The Morgan fingerprint density at radius 3 is 2.58 bits per heavy atom. The maximum Gasteiger partial charge on any atom is 0.255 e. The van der Waals surface area contributed by atoms with Crippen molar-refractivity contribution < 1.29 is 19.1 Å². The SMILES string of the molecule is COc1ccc(N[C@H](C)C(=O)Nc2ccccc2Cl)cc1OCC(N)=O. The molecule has 1 atom stereocenters. The van der Waals surface area contributed by atoms with Crippen molar-refractivity contribution in [2.45, 2.75) is 13.0 Å². The second-order valence-electron chi connectivity index (χ2n) is 5.46. The topological polar surface area (TPSA) is 103 Å². The van der Waals surface area contributed by atoms with Crippen LogP contribution in [0, 0.1) is 0 Å². The van der Waals surface area contributed by atoms with E-state index in [-0.39, 0.29) is 12.5 Å². The van der Waals surface area contributed by atoms with E-state index in [1.807, 2.05) is 0 Å². The van der Waals surface area contributed by atoms with Crippen LogP contribution < -0.4 is 25.8 Å². The van der Waals surface area contributed by atoms with Crippen LogP contribution in [0.3, 0.4) is 0 Å². The van der Waals surface area contributed by atoms with E-state index < -0.39 is 11.9 Å². The molecule has 2 aromatic carbocycles. The van der Waals surface area contributed by atoms with Crippen LogP contribution in [0.1, 0.15) is 6.92 Å². The molecule has 2 rings (SSSR count). The zero-order chi connectivity index (χ0) is 19.1.